The summed E-state index contributed by atoms with van der Waals surface area (Å²) in [4.78, 5) is 10.7. The van der Waals surface area contributed by atoms with Gasteiger partial charge in [0.25, 0.3) is 0 Å². The largest absolute Gasteiger partial charge is 0.327 e. The minimum Gasteiger partial charge on any atom is -0.327 e. The number of benzene rings is 16. The quantitative estimate of drug-likeness (QED) is 0.166. The lowest BCUT2D eigenvalue weighted by molar-refractivity contribution is 0.795. The van der Waals surface area contributed by atoms with E-state index in [4.69, 9.17) is 9.97 Å². The van der Waals surface area contributed by atoms with Crippen LogP contribution in [0.25, 0.3) is 166 Å². The summed E-state index contributed by atoms with van der Waals surface area (Å²) in [6, 6.07) is 119. The van der Waals surface area contributed by atoms with Gasteiger partial charge in [-0.05, 0) is 209 Å². The van der Waals surface area contributed by atoms with Crippen LogP contribution in [0.3, 0.4) is 0 Å². The fourth-order valence-corrected chi connectivity index (χ4v) is 19.2. The van der Waals surface area contributed by atoms with Crippen molar-refractivity contribution in [2.24, 2.45) is 7.05 Å². The number of fused-ring (bicyclic) bond motifs is 30. The molecule has 0 amide bonds. The van der Waals surface area contributed by atoms with Gasteiger partial charge in [0.15, 0.2) is 0 Å². The summed E-state index contributed by atoms with van der Waals surface area (Å²) in [5.74, 6) is 1.93. The van der Waals surface area contributed by atoms with Crippen LogP contribution in [-0.2, 0) is 24.4 Å². The second-order valence-corrected chi connectivity index (χ2v) is 27.6. The fraction of sp³-hybridized carbons (Fsp3) is 0.0526. The number of nitrogens with zero attached hydrogens (tertiary/aromatic N) is 4. The molecular weight excluding hydrogens is 1200 g/mol. The minimum atomic E-state index is -0.566. The maximum atomic E-state index is 5.53. The van der Waals surface area contributed by atoms with Crippen molar-refractivity contribution in [2.75, 3.05) is 0 Å². The number of hydrogen-bond acceptors (Lipinski definition) is 2. The number of para-hydroxylation sites is 2. The Morgan fingerprint density at radius 1 is 0.263 bits per heavy atom. The van der Waals surface area contributed by atoms with Crippen LogP contribution < -0.4 is 0 Å². The molecule has 2 aromatic heterocycles. The van der Waals surface area contributed by atoms with Gasteiger partial charge in [-0.2, -0.15) is 0 Å². The molecule has 22 rings (SSSR count). The lowest BCUT2D eigenvalue weighted by atomic mass is 9.69. The third kappa shape index (κ3) is 7.06. The van der Waals surface area contributed by atoms with Crippen LogP contribution in [0.2, 0.25) is 0 Å². The third-order valence-electron chi connectivity index (χ3n) is 23.2. The number of aryl methyl sites for hydroxylation is 2. The van der Waals surface area contributed by atoms with Crippen LogP contribution in [0.4, 0.5) is 0 Å². The molecular formula is C95H60N4. The van der Waals surface area contributed by atoms with E-state index in [1.165, 1.54) is 160 Å². The Morgan fingerprint density at radius 2 is 0.667 bits per heavy atom. The highest BCUT2D eigenvalue weighted by Gasteiger charge is 2.54. The summed E-state index contributed by atoms with van der Waals surface area (Å²) in [5.41, 5.74) is 33.7. The molecule has 2 spiro atoms. The van der Waals surface area contributed by atoms with Gasteiger partial charge in [-0.3, -0.25) is 0 Å². The number of imidazole rings is 2. The maximum Gasteiger partial charge on any atom is 0.141 e. The van der Waals surface area contributed by atoms with E-state index < -0.39 is 10.8 Å². The highest BCUT2D eigenvalue weighted by atomic mass is 15.1. The Kier molecular flexibility index (Phi) is 11.1. The van der Waals surface area contributed by atoms with Crippen LogP contribution in [0.5, 0.6) is 0 Å². The Labute approximate surface area is 572 Å². The van der Waals surface area contributed by atoms with Gasteiger partial charge in [0, 0.05) is 24.7 Å². The Balaban J connectivity index is 0.675. The Hall–Kier alpha value is -12.5. The zero-order valence-corrected chi connectivity index (χ0v) is 54.5. The average Bonchev–Trinajstić information content (AvgIpc) is 1.50. The molecule has 0 saturated heterocycles. The van der Waals surface area contributed by atoms with E-state index in [-0.39, 0.29) is 0 Å². The van der Waals surface area contributed by atoms with Gasteiger partial charge >= 0.3 is 0 Å². The third-order valence-corrected chi connectivity index (χ3v) is 23.2. The number of hydrogen-bond donors (Lipinski definition) is 0. The topological polar surface area (TPSA) is 35.6 Å². The van der Waals surface area contributed by atoms with Crippen LogP contribution in [-0.4, -0.2) is 19.1 Å². The Morgan fingerprint density at radius 3 is 1.23 bits per heavy atom. The summed E-state index contributed by atoms with van der Waals surface area (Å²) in [5, 5.41) is 10.0. The summed E-state index contributed by atoms with van der Waals surface area (Å²) in [7, 11) is 2.16. The van der Waals surface area contributed by atoms with Crippen molar-refractivity contribution in [3.05, 3.63) is 360 Å². The normalized spacial score (nSPS) is 13.8. The van der Waals surface area contributed by atoms with Gasteiger partial charge < -0.3 is 9.13 Å². The lowest BCUT2D eigenvalue weighted by Gasteiger charge is -2.31. The molecule has 0 radical (unpaired) electrons. The molecule has 4 heteroatoms. The maximum absolute atomic E-state index is 5.53. The molecule has 0 bridgehead atoms. The van der Waals surface area contributed by atoms with E-state index in [0.717, 1.165) is 57.0 Å². The second-order valence-electron chi connectivity index (χ2n) is 27.6. The van der Waals surface area contributed by atoms with Crippen LogP contribution in [0.1, 0.15) is 51.4 Å². The van der Waals surface area contributed by atoms with E-state index in [1.807, 2.05) is 0 Å². The van der Waals surface area contributed by atoms with Crippen molar-refractivity contribution in [3.8, 4) is 101 Å². The molecule has 0 N–H and O–H groups in total. The molecule has 4 nitrogen and oxygen atoms in total. The Bertz CT molecular complexity index is 6500. The average molecular weight is 1260 g/mol. The molecule has 0 aliphatic heterocycles. The van der Waals surface area contributed by atoms with E-state index in [9.17, 15) is 0 Å². The molecule has 0 fully saturated rings. The first-order chi connectivity index (χ1) is 49.0. The summed E-state index contributed by atoms with van der Waals surface area (Å²) in [6.45, 7) is 3.04. The van der Waals surface area contributed by atoms with Gasteiger partial charge in [0.05, 0.1) is 32.9 Å². The molecule has 0 saturated carbocycles. The van der Waals surface area contributed by atoms with Crippen molar-refractivity contribution in [3.63, 3.8) is 0 Å². The van der Waals surface area contributed by atoms with Crippen LogP contribution in [0, 0.1) is 0 Å². The first-order valence-corrected chi connectivity index (χ1v) is 34.7. The SMILES string of the molecule is CCn1c(-c2ccc(-c3cc4c(c5ccccc35)-c3c(ccc5c(-c6ccc7c(c6)nc(-c6ccc(-c8cc9c(c%10ccccc8%10)-c8c(ccc%10ccccc8%10)C98c9ccccc9-c9ccccc98)cc6)n7C)cccc35)C43c4ccccc4-c4ccccc43)cc2)nc2ccccc21. The van der Waals surface area contributed by atoms with Crippen molar-refractivity contribution < 1.29 is 0 Å². The smallest absolute Gasteiger partial charge is 0.141 e. The van der Waals surface area contributed by atoms with Crippen molar-refractivity contribution >= 4 is 65.2 Å². The van der Waals surface area contributed by atoms with Gasteiger partial charge in [-0.1, -0.05) is 279 Å². The van der Waals surface area contributed by atoms with E-state index in [1.54, 1.807) is 0 Å². The zero-order valence-electron chi connectivity index (χ0n) is 54.5. The molecule has 4 aliphatic carbocycles. The molecule has 2 heterocycles. The van der Waals surface area contributed by atoms with E-state index in [0.29, 0.717) is 0 Å². The molecule has 16 aromatic carbocycles. The van der Waals surface area contributed by atoms with Crippen molar-refractivity contribution in [1.82, 2.24) is 19.1 Å². The molecule has 0 unspecified atom stereocenters. The predicted molar refractivity (Wildman–Crippen MR) is 409 cm³/mol. The number of rotatable bonds is 6. The standard InChI is InChI=1S/C95H60N4/c1-3-99-87-38-19-18-37-84(87)96-93(99)60-45-41-58(42-46-60)75-55-83-91(72-30-9-7-24-65(72)75)89-73-32-20-31-62(66(73)49-51-81(89)95(83)78-35-16-12-27-69(78)70-28-13-17-36-79(70)95)61-48-52-86-85(53-61)97-92(98(86)2)59-43-39-57(40-44-59)74-54-82-90(71-29-8-6-23-64(71)74)88-63-22-5-4-21-56(63)47-50-80(88)94(82)76-33-14-10-25-67(76)68-26-11-15-34-77(68)94/h4-55H,3H2,1-2H3. The highest BCUT2D eigenvalue weighted by molar-refractivity contribution is 6.20. The molecule has 0 atom stereocenters. The summed E-state index contributed by atoms with van der Waals surface area (Å²) in [6.07, 6.45) is 0. The van der Waals surface area contributed by atoms with Gasteiger partial charge in [0.2, 0.25) is 0 Å². The second kappa shape index (κ2) is 20.0. The molecule has 18 aromatic rings. The minimum absolute atomic E-state index is 0.491. The van der Waals surface area contributed by atoms with E-state index in [2.05, 4.69) is 339 Å². The van der Waals surface area contributed by atoms with Crippen molar-refractivity contribution in [1.29, 1.82) is 0 Å². The van der Waals surface area contributed by atoms with Gasteiger partial charge in [-0.25, -0.2) is 9.97 Å². The highest BCUT2D eigenvalue weighted by Crippen LogP contribution is 2.68. The predicted octanol–water partition coefficient (Wildman–Crippen LogP) is 23.6. The fourth-order valence-electron chi connectivity index (χ4n) is 19.2. The van der Waals surface area contributed by atoms with E-state index >= 15 is 0 Å². The first-order valence-electron chi connectivity index (χ1n) is 34.7. The summed E-state index contributed by atoms with van der Waals surface area (Å²) >= 11 is 0. The van der Waals surface area contributed by atoms with Crippen LogP contribution in [0.15, 0.2) is 315 Å². The van der Waals surface area contributed by atoms with Crippen molar-refractivity contribution in [2.45, 2.75) is 24.3 Å². The molecule has 460 valence electrons. The first kappa shape index (κ1) is 54.7. The van der Waals surface area contributed by atoms with Crippen LogP contribution >= 0.6 is 0 Å². The van der Waals surface area contributed by atoms with Gasteiger partial charge in [0.1, 0.15) is 11.6 Å². The molecule has 99 heavy (non-hydrogen) atoms. The lowest BCUT2D eigenvalue weighted by Crippen LogP contribution is -2.26. The zero-order chi connectivity index (χ0) is 65.0. The number of aromatic nitrogens is 4. The monoisotopic (exact) mass is 1260 g/mol. The summed E-state index contributed by atoms with van der Waals surface area (Å²) < 4.78 is 4.59. The van der Waals surface area contributed by atoms with Gasteiger partial charge in [-0.15, -0.1) is 0 Å². The molecule has 4 aliphatic rings.